The number of hydrogen-bond donors (Lipinski definition) is 0. The van der Waals surface area contributed by atoms with Gasteiger partial charge in [-0.05, 0) is 83.9 Å². The van der Waals surface area contributed by atoms with Gasteiger partial charge < -0.3 is 9.47 Å². The Morgan fingerprint density at radius 3 is 1.31 bits per heavy atom. The third kappa shape index (κ3) is 4.63. The van der Waals surface area contributed by atoms with E-state index in [1.807, 2.05) is 0 Å². The van der Waals surface area contributed by atoms with Gasteiger partial charge in [-0.2, -0.15) is 0 Å². The summed E-state index contributed by atoms with van der Waals surface area (Å²) in [4.78, 5) is 22.1. The summed E-state index contributed by atoms with van der Waals surface area (Å²) in [5, 5.41) is -1.04. The fourth-order valence-corrected chi connectivity index (χ4v) is 2.43. The average Bonchev–Trinajstić information content (AvgIpc) is 2.63. The molecule has 0 N–H and O–H groups in total. The second kappa shape index (κ2) is 8.04. The van der Waals surface area contributed by atoms with Crippen LogP contribution in [0.3, 0.4) is 0 Å². The molecular formula is C20H12Cl2O4. The third-order valence-corrected chi connectivity index (χ3v) is 3.88. The van der Waals surface area contributed by atoms with E-state index in [2.05, 4.69) is 0 Å². The van der Waals surface area contributed by atoms with Crippen LogP contribution in [0.25, 0.3) is 0 Å². The second-order valence-electron chi connectivity index (χ2n) is 5.28. The highest BCUT2D eigenvalue weighted by Gasteiger charge is 2.05. The van der Waals surface area contributed by atoms with Crippen molar-refractivity contribution in [3.8, 4) is 23.0 Å². The van der Waals surface area contributed by atoms with Crippen molar-refractivity contribution < 1.29 is 19.1 Å². The molecule has 0 aromatic heterocycles. The van der Waals surface area contributed by atoms with Crippen molar-refractivity contribution in [2.45, 2.75) is 0 Å². The Bertz CT molecular complexity index is 860. The van der Waals surface area contributed by atoms with Crippen LogP contribution in [-0.4, -0.2) is 10.5 Å². The molecule has 4 nitrogen and oxygen atoms in total. The zero-order chi connectivity index (χ0) is 18.5. The minimum atomic E-state index is -0.520. The molecule has 0 radical (unpaired) electrons. The summed E-state index contributed by atoms with van der Waals surface area (Å²) in [6.07, 6.45) is 0. The van der Waals surface area contributed by atoms with Crippen LogP contribution in [0, 0.1) is 0 Å². The van der Waals surface area contributed by atoms with E-state index in [1.54, 1.807) is 72.8 Å². The Labute approximate surface area is 159 Å². The van der Waals surface area contributed by atoms with Crippen molar-refractivity contribution in [2.75, 3.05) is 0 Å². The second-order valence-corrected chi connectivity index (χ2v) is 5.96. The average molecular weight is 387 g/mol. The molecule has 0 aliphatic heterocycles. The first-order valence-corrected chi connectivity index (χ1v) is 8.32. The van der Waals surface area contributed by atoms with Crippen LogP contribution >= 0.6 is 23.2 Å². The standard InChI is InChI=1S/C20H12Cl2O4/c21-19(23)13-4-8-15(9-5-13)25-17-2-1-3-18(12-17)26-16-10-6-14(7-11-16)20(22)24/h1-12H. The lowest BCUT2D eigenvalue weighted by molar-refractivity contribution is 0.107. The maximum Gasteiger partial charge on any atom is 0.252 e. The van der Waals surface area contributed by atoms with Gasteiger partial charge >= 0.3 is 0 Å². The molecule has 0 aliphatic rings. The lowest BCUT2D eigenvalue weighted by Gasteiger charge is -2.09. The van der Waals surface area contributed by atoms with Gasteiger partial charge in [-0.3, -0.25) is 9.59 Å². The minimum absolute atomic E-state index is 0.398. The van der Waals surface area contributed by atoms with Gasteiger partial charge in [0.1, 0.15) is 23.0 Å². The van der Waals surface area contributed by atoms with Crippen LogP contribution in [0.1, 0.15) is 20.7 Å². The summed E-state index contributed by atoms with van der Waals surface area (Å²) in [6.45, 7) is 0. The van der Waals surface area contributed by atoms with E-state index in [0.717, 1.165) is 0 Å². The van der Waals surface area contributed by atoms with Crippen molar-refractivity contribution in [1.29, 1.82) is 0 Å². The van der Waals surface area contributed by atoms with E-state index in [-0.39, 0.29) is 0 Å². The molecule has 0 heterocycles. The van der Waals surface area contributed by atoms with Gasteiger partial charge in [0.25, 0.3) is 10.5 Å². The van der Waals surface area contributed by atoms with Crippen molar-refractivity contribution in [3.63, 3.8) is 0 Å². The molecule has 6 heteroatoms. The number of rotatable bonds is 6. The molecule has 3 rings (SSSR count). The number of ether oxygens (including phenoxy) is 2. The smallest absolute Gasteiger partial charge is 0.252 e. The number of hydrogen-bond acceptors (Lipinski definition) is 4. The van der Waals surface area contributed by atoms with Crippen LogP contribution in [0.2, 0.25) is 0 Å². The van der Waals surface area contributed by atoms with Gasteiger partial charge in [0.05, 0.1) is 0 Å². The molecule has 26 heavy (non-hydrogen) atoms. The Balaban J connectivity index is 1.71. The van der Waals surface area contributed by atoms with Gasteiger partial charge in [0, 0.05) is 17.2 Å². The third-order valence-electron chi connectivity index (χ3n) is 3.44. The van der Waals surface area contributed by atoms with Crippen LogP contribution < -0.4 is 9.47 Å². The predicted molar refractivity (Wildman–Crippen MR) is 99.8 cm³/mol. The van der Waals surface area contributed by atoms with Crippen LogP contribution in [0.15, 0.2) is 72.8 Å². The highest BCUT2D eigenvalue weighted by atomic mass is 35.5. The number of carbonyl (C=O) groups is 2. The lowest BCUT2D eigenvalue weighted by atomic mass is 10.2. The van der Waals surface area contributed by atoms with E-state index >= 15 is 0 Å². The Morgan fingerprint density at radius 2 is 0.962 bits per heavy atom. The first-order valence-electron chi connectivity index (χ1n) is 7.57. The monoisotopic (exact) mass is 386 g/mol. The molecular weight excluding hydrogens is 375 g/mol. The molecule has 0 unspecified atom stereocenters. The predicted octanol–water partition coefficient (Wildman–Crippen LogP) is 6.03. The Kier molecular flexibility index (Phi) is 5.56. The number of carbonyl (C=O) groups excluding carboxylic acids is 2. The summed E-state index contributed by atoms with van der Waals surface area (Å²) >= 11 is 10.8. The van der Waals surface area contributed by atoms with E-state index in [4.69, 9.17) is 32.7 Å². The number of benzene rings is 3. The summed E-state index contributed by atoms with van der Waals surface area (Å²) in [5.74, 6) is 2.27. The highest BCUT2D eigenvalue weighted by molar-refractivity contribution is 6.68. The summed E-state index contributed by atoms with van der Waals surface area (Å²) in [5.41, 5.74) is 0.796. The first-order chi connectivity index (χ1) is 12.5. The molecule has 0 aliphatic carbocycles. The van der Waals surface area contributed by atoms with E-state index < -0.39 is 10.5 Å². The first kappa shape index (κ1) is 18.0. The van der Waals surface area contributed by atoms with Gasteiger partial charge in [0.2, 0.25) is 0 Å². The molecule has 0 saturated heterocycles. The molecule has 0 saturated carbocycles. The molecule has 0 atom stereocenters. The zero-order valence-electron chi connectivity index (χ0n) is 13.3. The fourth-order valence-electron chi connectivity index (χ4n) is 2.18. The topological polar surface area (TPSA) is 52.6 Å². The van der Waals surface area contributed by atoms with Gasteiger partial charge in [0.15, 0.2) is 0 Å². The maximum absolute atomic E-state index is 11.1. The van der Waals surface area contributed by atoms with Crippen LogP contribution in [0.4, 0.5) is 0 Å². The van der Waals surface area contributed by atoms with Crippen molar-refractivity contribution in [1.82, 2.24) is 0 Å². The lowest BCUT2D eigenvalue weighted by Crippen LogP contribution is -1.91. The normalized spacial score (nSPS) is 10.2. The number of halogens is 2. The molecule has 130 valence electrons. The Hall–Kier alpha value is -2.82. The quantitative estimate of drug-likeness (QED) is 0.485. The van der Waals surface area contributed by atoms with Crippen molar-refractivity contribution >= 4 is 33.7 Å². The van der Waals surface area contributed by atoms with E-state index in [9.17, 15) is 9.59 Å². The molecule has 3 aromatic rings. The van der Waals surface area contributed by atoms with E-state index in [0.29, 0.717) is 34.1 Å². The highest BCUT2D eigenvalue weighted by Crippen LogP contribution is 2.28. The van der Waals surface area contributed by atoms with Gasteiger partial charge in [-0.25, -0.2) is 0 Å². The largest absolute Gasteiger partial charge is 0.457 e. The SMILES string of the molecule is O=C(Cl)c1ccc(Oc2cccc(Oc3ccc(C(=O)Cl)cc3)c2)cc1. The minimum Gasteiger partial charge on any atom is -0.457 e. The van der Waals surface area contributed by atoms with Gasteiger partial charge in [-0.1, -0.05) is 6.07 Å². The van der Waals surface area contributed by atoms with Crippen molar-refractivity contribution in [2.24, 2.45) is 0 Å². The molecule has 0 spiro atoms. The fraction of sp³-hybridized carbons (Fsp3) is 0. The molecule has 0 bridgehead atoms. The summed E-state index contributed by atoms with van der Waals surface area (Å²) in [7, 11) is 0. The zero-order valence-corrected chi connectivity index (χ0v) is 14.8. The van der Waals surface area contributed by atoms with Crippen molar-refractivity contribution in [3.05, 3.63) is 83.9 Å². The van der Waals surface area contributed by atoms with E-state index in [1.165, 1.54) is 0 Å². The van der Waals surface area contributed by atoms with Crippen LogP contribution in [-0.2, 0) is 0 Å². The van der Waals surface area contributed by atoms with Crippen LogP contribution in [0.5, 0.6) is 23.0 Å². The molecule has 0 fully saturated rings. The maximum atomic E-state index is 11.1. The molecule has 3 aromatic carbocycles. The summed E-state index contributed by atoms with van der Waals surface area (Å²) in [6, 6.07) is 20.1. The Morgan fingerprint density at radius 1 is 0.577 bits per heavy atom. The van der Waals surface area contributed by atoms with Gasteiger partial charge in [-0.15, -0.1) is 0 Å². The molecule has 0 amide bonds. The summed E-state index contributed by atoms with van der Waals surface area (Å²) < 4.78 is 11.5.